The molecule has 1 aromatic heterocycles. The predicted molar refractivity (Wildman–Crippen MR) is 86.1 cm³/mol. The maximum absolute atomic E-state index is 5.47. The van der Waals surface area contributed by atoms with E-state index < -0.39 is 0 Å². The molecule has 0 radical (unpaired) electrons. The Kier molecular flexibility index (Phi) is 3.82. The standard InChI is InChI=1S/C16H22N4O3/c1-11-14(21-2)7-13(16-15(11)17-23-18-16)20-9-12(10-20)8-19-3-5-22-6-4-19/h7,12H,3-6,8-10H2,1-2H3. The highest BCUT2D eigenvalue weighted by molar-refractivity contribution is 5.92. The number of ether oxygens (including phenoxy) is 2. The molecule has 2 aromatic rings. The van der Waals surface area contributed by atoms with Gasteiger partial charge in [0.2, 0.25) is 0 Å². The Morgan fingerprint density at radius 1 is 1.22 bits per heavy atom. The lowest BCUT2D eigenvalue weighted by Crippen LogP contribution is -2.53. The van der Waals surface area contributed by atoms with Crippen LogP contribution in [0.5, 0.6) is 5.75 Å². The van der Waals surface area contributed by atoms with Crippen LogP contribution in [0.2, 0.25) is 0 Å². The predicted octanol–water partition coefficient (Wildman–Crippen LogP) is 1.31. The quantitative estimate of drug-likeness (QED) is 0.842. The first-order valence-electron chi connectivity index (χ1n) is 8.11. The first-order valence-corrected chi connectivity index (χ1v) is 8.11. The van der Waals surface area contributed by atoms with Crippen LogP contribution >= 0.6 is 0 Å². The molecular weight excluding hydrogens is 296 g/mol. The molecule has 4 rings (SSSR count). The zero-order valence-electron chi connectivity index (χ0n) is 13.6. The van der Waals surface area contributed by atoms with Crippen molar-refractivity contribution in [2.45, 2.75) is 6.92 Å². The molecule has 2 aliphatic rings. The highest BCUT2D eigenvalue weighted by Gasteiger charge is 2.31. The van der Waals surface area contributed by atoms with E-state index in [9.17, 15) is 0 Å². The smallest absolute Gasteiger partial charge is 0.159 e. The Labute approximate surface area is 135 Å². The number of hydrogen-bond donors (Lipinski definition) is 0. The second-order valence-corrected chi connectivity index (χ2v) is 6.37. The Morgan fingerprint density at radius 3 is 2.70 bits per heavy atom. The second kappa shape index (κ2) is 5.98. The molecule has 1 aromatic carbocycles. The van der Waals surface area contributed by atoms with Gasteiger partial charge in [-0.25, -0.2) is 4.63 Å². The maximum Gasteiger partial charge on any atom is 0.159 e. The van der Waals surface area contributed by atoms with Gasteiger partial charge in [-0.3, -0.25) is 4.90 Å². The molecule has 0 saturated carbocycles. The summed E-state index contributed by atoms with van der Waals surface area (Å²) >= 11 is 0. The molecule has 23 heavy (non-hydrogen) atoms. The van der Waals surface area contributed by atoms with E-state index in [0.717, 1.165) is 74.0 Å². The van der Waals surface area contributed by atoms with Crippen LogP contribution in [0.4, 0.5) is 5.69 Å². The first-order chi connectivity index (χ1) is 11.3. The maximum atomic E-state index is 5.47. The summed E-state index contributed by atoms with van der Waals surface area (Å²) in [5.41, 5.74) is 3.64. The summed E-state index contributed by atoms with van der Waals surface area (Å²) in [4.78, 5) is 4.83. The molecule has 7 heteroatoms. The fourth-order valence-corrected chi connectivity index (χ4v) is 3.50. The van der Waals surface area contributed by atoms with E-state index in [1.165, 1.54) is 0 Å². The van der Waals surface area contributed by atoms with Crippen molar-refractivity contribution in [2.75, 3.05) is 57.9 Å². The van der Waals surface area contributed by atoms with Crippen LogP contribution in [0.25, 0.3) is 11.0 Å². The van der Waals surface area contributed by atoms with Gasteiger partial charge in [-0.05, 0) is 17.2 Å². The largest absolute Gasteiger partial charge is 0.496 e. The molecule has 2 saturated heterocycles. The molecule has 3 heterocycles. The van der Waals surface area contributed by atoms with Crippen molar-refractivity contribution in [1.82, 2.24) is 15.2 Å². The highest BCUT2D eigenvalue weighted by atomic mass is 16.6. The number of fused-ring (bicyclic) bond motifs is 1. The van der Waals surface area contributed by atoms with Gasteiger partial charge in [0.05, 0.1) is 26.0 Å². The molecule has 7 nitrogen and oxygen atoms in total. The molecular formula is C16H22N4O3. The van der Waals surface area contributed by atoms with E-state index in [4.69, 9.17) is 14.1 Å². The van der Waals surface area contributed by atoms with Gasteiger partial charge in [0.1, 0.15) is 11.3 Å². The third kappa shape index (κ3) is 2.64. The summed E-state index contributed by atoms with van der Waals surface area (Å²) in [5, 5.41) is 8.11. The van der Waals surface area contributed by atoms with Crippen LogP contribution in [0.1, 0.15) is 5.56 Å². The fraction of sp³-hybridized carbons (Fsp3) is 0.625. The molecule has 0 unspecified atom stereocenters. The summed E-state index contributed by atoms with van der Waals surface area (Å²) in [6.07, 6.45) is 0. The van der Waals surface area contributed by atoms with Gasteiger partial charge in [-0.2, -0.15) is 0 Å². The van der Waals surface area contributed by atoms with Crippen molar-refractivity contribution in [3.05, 3.63) is 11.6 Å². The number of nitrogens with zero attached hydrogens (tertiary/aromatic N) is 4. The van der Waals surface area contributed by atoms with Crippen LogP contribution in [0.3, 0.4) is 0 Å². The normalized spacial score (nSPS) is 20.0. The van der Waals surface area contributed by atoms with E-state index in [-0.39, 0.29) is 0 Å². The lowest BCUT2D eigenvalue weighted by molar-refractivity contribution is 0.0286. The van der Waals surface area contributed by atoms with E-state index >= 15 is 0 Å². The monoisotopic (exact) mass is 318 g/mol. The minimum absolute atomic E-state index is 0.690. The van der Waals surface area contributed by atoms with E-state index in [1.807, 2.05) is 13.0 Å². The van der Waals surface area contributed by atoms with Gasteiger partial charge < -0.3 is 14.4 Å². The Hall–Kier alpha value is -1.86. The Morgan fingerprint density at radius 2 is 1.96 bits per heavy atom. The van der Waals surface area contributed by atoms with Crippen molar-refractivity contribution < 1.29 is 14.1 Å². The molecule has 0 spiro atoms. The lowest BCUT2D eigenvalue weighted by Gasteiger charge is -2.43. The topological polar surface area (TPSA) is 63.9 Å². The van der Waals surface area contributed by atoms with Crippen LogP contribution < -0.4 is 9.64 Å². The average molecular weight is 318 g/mol. The van der Waals surface area contributed by atoms with Crippen molar-refractivity contribution >= 4 is 16.7 Å². The van der Waals surface area contributed by atoms with Crippen molar-refractivity contribution in [1.29, 1.82) is 0 Å². The van der Waals surface area contributed by atoms with Crippen LogP contribution in [0, 0.1) is 12.8 Å². The van der Waals surface area contributed by atoms with Gasteiger partial charge in [-0.15, -0.1) is 0 Å². The first kappa shape index (κ1) is 14.7. The molecule has 2 fully saturated rings. The molecule has 0 amide bonds. The molecule has 124 valence electrons. The molecule has 0 N–H and O–H groups in total. The molecule has 2 aliphatic heterocycles. The molecule has 0 aliphatic carbocycles. The zero-order valence-corrected chi connectivity index (χ0v) is 13.6. The number of methoxy groups -OCH3 is 1. The fourth-order valence-electron chi connectivity index (χ4n) is 3.50. The number of benzene rings is 1. The van der Waals surface area contributed by atoms with Gasteiger partial charge in [0, 0.05) is 50.3 Å². The number of rotatable bonds is 4. The van der Waals surface area contributed by atoms with Gasteiger partial charge in [-0.1, -0.05) is 0 Å². The third-order valence-corrected chi connectivity index (χ3v) is 4.86. The van der Waals surface area contributed by atoms with Crippen molar-refractivity contribution in [3.8, 4) is 5.75 Å². The number of morpholine rings is 1. The Balaban J connectivity index is 1.48. The zero-order chi connectivity index (χ0) is 15.8. The lowest BCUT2D eigenvalue weighted by atomic mass is 9.97. The van der Waals surface area contributed by atoms with E-state index in [2.05, 4.69) is 20.1 Å². The summed E-state index contributed by atoms with van der Waals surface area (Å²) in [6.45, 7) is 9.00. The van der Waals surface area contributed by atoms with E-state index in [0.29, 0.717) is 5.92 Å². The third-order valence-electron chi connectivity index (χ3n) is 4.86. The van der Waals surface area contributed by atoms with Crippen LogP contribution in [-0.2, 0) is 4.74 Å². The molecule has 0 atom stereocenters. The Bertz CT molecular complexity index is 690. The summed E-state index contributed by atoms with van der Waals surface area (Å²) in [6, 6.07) is 2.05. The number of hydrogen-bond acceptors (Lipinski definition) is 7. The molecule has 0 bridgehead atoms. The summed E-state index contributed by atoms with van der Waals surface area (Å²) < 4.78 is 15.8. The minimum Gasteiger partial charge on any atom is -0.496 e. The number of aromatic nitrogens is 2. The van der Waals surface area contributed by atoms with Crippen LogP contribution in [0.15, 0.2) is 10.7 Å². The van der Waals surface area contributed by atoms with E-state index in [1.54, 1.807) is 7.11 Å². The SMILES string of the molecule is COc1cc(N2CC(CN3CCOCC3)C2)c2nonc2c1C. The van der Waals surface area contributed by atoms with Crippen molar-refractivity contribution in [3.63, 3.8) is 0 Å². The summed E-state index contributed by atoms with van der Waals surface area (Å²) in [7, 11) is 1.68. The minimum atomic E-state index is 0.690. The van der Waals surface area contributed by atoms with Gasteiger partial charge in [0.25, 0.3) is 0 Å². The van der Waals surface area contributed by atoms with Gasteiger partial charge in [0.15, 0.2) is 5.52 Å². The van der Waals surface area contributed by atoms with Gasteiger partial charge >= 0.3 is 0 Å². The van der Waals surface area contributed by atoms with Crippen molar-refractivity contribution in [2.24, 2.45) is 5.92 Å². The number of aryl methyl sites for hydroxylation is 1. The number of anilines is 1. The van der Waals surface area contributed by atoms with Crippen LogP contribution in [-0.4, -0.2) is 68.3 Å². The average Bonchev–Trinajstić information content (AvgIpc) is 3.03. The summed E-state index contributed by atoms with van der Waals surface area (Å²) in [5.74, 6) is 1.52. The highest BCUT2D eigenvalue weighted by Crippen LogP contribution is 2.37. The second-order valence-electron chi connectivity index (χ2n) is 6.37.